The average Bonchev–Trinajstić information content (AvgIpc) is 3.18. The summed E-state index contributed by atoms with van der Waals surface area (Å²) in [5.41, 5.74) is 0. The topological polar surface area (TPSA) is 89.8 Å². The maximum absolute atomic E-state index is 12.5. The minimum atomic E-state index is -1.11. The highest BCUT2D eigenvalue weighted by Crippen LogP contribution is 2.14. The Morgan fingerprint density at radius 2 is 0.815 bits per heavy atom. The number of allylic oxidation sites excluding steroid dienone is 9. The molecular weight excluding hydrogens is 667 g/mol. The predicted molar refractivity (Wildman–Crippen MR) is 236 cm³/mol. The van der Waals surface area contributed by atoms with Crippen LogP contribution in [-0.4, -0.2) is 46.1 Å². The van der Waals surface area contributed by atoms with Gasteiger partial charge in [-0.3, -0.25) is 4.79 Å². The fraction of sp³-hybridized carbons (Fsp3) is 0.776. The molecule has 4 N–H and O–H groups in total. The first kappa shape index (κ1) is 52.0. The third-order valence-electron chi connectivity index (χ3n) is 10.3. The highest BCUT2D eigenvalue weighted by Gasteiger charge is 2.22. The van der Waals surface area contributed by atoms with E-state index in [9.17, 15) is 20.1 Å². The minimum Gasteiger partial charge on any atom is -0.394 e. The van der Waals surface area contributed by atoms with Gasteiger partial charge in [-0.15, -0.1) is 0 Å². The van der Waals surface area contributed by atoms with Crippen LogP contribution < -0.4 is 5.32 Å². The van der Waals surface area contributed by atoms with E-state index in [0.717, 1.165) is 51.4 Å². The van der Waals surface area contributed by atoms with Gasteiger partial charge in [0.15, 0.2) is 0 Å². The number of carbonyl (C=O) groups excluding carboxylic acids is 1. The molecule has 0 heterocycles. The molecule has 0 spiro atoms. The average molecular weight is 756 g/mol. The highest BCUT2D eigenvalue weighted by atomic mass is 16.3. The van der Waals surface area contributed by atoms with E-state index in [1.165, 1.54) is 148 Å². The van der Waals surface area contributed by atoms with Crippen molar-refractivity contribution in [1.82, 2.24) is 5.32 Å². The fourth-order valence-electron chi connectivity index (χ4n) is 6.66. The molecule has 0 aliphatic carbocycles. The van der Waals surface area contributed by atoms with Gasteiger partial charge in [-0.25, -0.2) is 0 Å². The zero-order valence-electron chi connectivity index (χ0n) is 35.6. The Balaban J connectivity index is 3.68. The van der Waals surface area contributed by atoms with E-state index >= 15 is 0 Å². The molecule has 0 aromatic carbocycles. The van der Waals surface area contributed by atoms with Crippen LogP contribution in [0.2, 0.25) is 0 Å². The number of hydrogen-bond acceptors (Lipinski definition) is 4. The molecule has 0 fully saturated rings. The van der Waals surface area contributed by atoms with E-state index in [-0.39, 0.29) is 6.61 Å². The van der Waals surface area contributed by atoms with Gasteiger partial charge < -0.3 is 20.6 Å². The summed E-state index contributed by atoms with van der Waals surface area (Å²) in [4.78, 5) is 12.5. The molecule has 0 saturated heterocycles. The van der Waals surface area contributed by atoms with Gasteiger partial charge in [-0.05, 0) is 77.0 Å². The van der Waals surface area contributed by atoms with E-state index in [2.05, 4.69) is 67.8 Å². The summed E-state index contributed by atoms with van der Waals surface area (Å²) in [6.07, 6.45) is 58.3. The molecule has 0 aliphatic rings. The maximum Gasteiger partial charge on any atom is 0.249 e. The van der Waals surface area contributed by atoms with E-state index in [1.807, 2.05) is 6.08 Å². The molecule has 314 valence electrons. The molecule has 0 rings (SSSR count). The highest BCUT2D eigenvalue weighted by molar-refractivity contribution is 5.80. The van der Waals surface area contributed by atoms with Gasteiger partial charge in [-0.1, -0.05) is 203 Å². The maximum atomic E-state index is 12.5. The van der Waals surface area contributed by atoms with Crippen LogP contribution in [0.4, 0.5) is 0 Å². The molecule has 0 radical (unpaired) electrons. The third kappa shape index (κ3) is 38.3. The van der Waals surface area contributed by atoms with E-state index in [4.69, 9.17) is 0 Å². The van der Waals surface area contributed by atoms with Gasteiger partial charge in [0.05, 0.1) is 18.8 Å². The summed E-state index contributed by atoms with van der Waals surface area (Å²) in [6, 6.07) is -0.824. The largest absolute Gasteiger partial charge is 0.394 e. The van der Waals surface area contributed by atoms with Crippen molar-refractivity contribution in [3.8, 4) is 0 Å². The minimum absolute atomic E-state index is 0.385. The number of carbonyl (C=O) groups is 1. The molecule has 0 aromatic heterocycles. The summed E-state index contributed by atoms with van der Waals surface area (Å²) < 4.78 is 0. The molecule has 0 saturated carbocycles. The molecule has 0 aliphatic heterocycles. The van der Waals surface area contributed by atoms with Crippen molar-refractivity contribution in [1.29, 1.82) is 0 Å². The second-order valence-corrected chi connectivity index (χ2v) is 15.6. The van der Waals surface area contributed by atoms with Crippen molar-refractivity contribution in [3.05, 3.63) is 60.8 Å². The van der Waals surface area contributed by atoms with E-state index in [0.29, 0.717) is 6.42 Å². The molecule has 5 heteroatoms. The monoisotopic (exact) mass is 756 g/mol. The van der Waals surface area contributed by atoms with Crippen molar-refractivity contribution in [2.24, 2.45) is 0 Å². The lowest BCUT2D eigenvalue weighted by molar-refractivity contribution is -0.131. The molecule has 3 unspecified atom stereocenters. The van der Waals surface area contributed by atoms with Crippen LogP contribution in [0.1, 0.15) is 219 Å². The van der Waals surface area contributed by atoms with Crippen molar-refractivity contribution in [2.75, 3.05) is 6.61 Å². The number of nitrogens with one attached hydrogen (secondary N) is 1. The Morgan fingerprint density at radius 1 is 0.463 bits per heavy atom. The van der Waals surface area contributed by atoms with Crippen LogP contribution >= 0.6 is 0 Å². The summed E-state index contributed by atoms with van der Waals surface area (Å²) in [6.45, 7) is 4.14. The Kier molecular flexibility index (Phi) is 42.2. The molecule has 3 atom stereocenters. The predicted octanol–water partition coefficient (Wildman–Crippen LogP) is 13.5. The van der Waals surface area contributed by atoms with E-state index in [1.54, 1.807) is 6.08 Å². The molecule has 54 heavy (non-hydrogen) atoms. The Morgan fingerprint density at radius 3 is 1.26 bits per heavy atom. The lowest BCUT2D eigenvalue weighted by atomic mass is 10.0. The lowest BCUT2D eigenvalue weighted by Gasteiger charge is -2.21. The molecule has 0 bridgehead atoms. The normalized spacial score (nSPS) is 14.1. The van der Waals surface area contributed by atoms with Gasteiger partial charge >= 0.3 is 0 Å². The third-order valence-corrected chi connectivity index (χ3v) is 10.3. The van der Waals surface area contributed by atoms with Gasteiger partial charge in [0.25, 0.3) is 0 Å². The van der Waals surface area contributed by atoms with Crippen LogP contribution in [0.5, 0.6) is 0 Å². The molecule has 0 aromatic rings. The number of aliphatic hydroxyl groups is 3. The van der Waals surface area contributed by atoms with Crippen LogP contribution in [-0.2, 0) is 4.79 Å². The Bertz CT molecular complexity index is 923. The van der Waals surface area contributed by atoms with Crippen LogP contribution in [0, 0.1) is 0 Å². The first-order valence-electron chi connectivity index (χ1n) is 23.1. The molecular formula is C49H89NO4. The van der Waals surface area contributed by atoms with Gasteiger partial charge in [-0.2, -0.15) is 0 Å². The Hall–Kier alpha value is -1.95. The van der Waals surface area contributed by atoms with Crippen molar-refractivity contribution in [3.63, 3.8) is 0 Å². The second kappa shape index (κ2) is 43.8. The fourth-order valence-corrected chi connectivity index (χ4v) is 6.66. The smallest absolute Gasteiger partial charge is 0.249 e. The second-order valence-electron chi connectivity index (χ2n) is 15.6. The zero-order valence-corrected chi connectivity index (χ0v) is 35.6. The standard InChI is InChI=1S/C49H89NO4/c1-3-5-7-9-11-13-15-17-19-20-21-22-23-24-25-26-27-28-29-30-32-34-36-38-40-42-44-48(53)49(54)50-46(45-51)47(52)43-41-39-37-35-33-31-18-16-14-12-10-8-6-4-2/h14,16,21-22,24-25,33,35,41,43,46-48,51-53H,3-13,15,17-20,23,26-32,34,36-40,42,44-45H2,1-2H3,(H,50,54)/b16-14+,22-21-,25-24-,35-33+,43-41+. The number of amides is 1. The van der Waals surface area contributed by atoms with Crippen LogP contribution in [0.25, 0.3) is 0 Å². The van der Waals surface area contributed by atoms with E-state index < -0.39 is 24.2 Å². The van der Waals surface area contributed by atoms with Gasteiger partial charge in [0, 0.05) is 0 Å². The van der Waals surface area contributed by atoms with Crippen LogP contribution in [0.3, 0.4) is 0 Å². The Labute approximate surface area is 335 Å². The van der Waals surface area contributed by atoms with Crippen LogP contribution in [0.15, 0.2) is 60.8 Å². The summed E-state index contributed by atoms with van der Waals surface area (Å²) in [5, 5.41) is 33.1. The first-order chi connectivity index (χ1) is 26.6. The van der Waals surface area contributed by atoms with Crippen molar-refractivity contribution < 1.29 is 20.1 Å². The van der Waals surface area contributed by atoms with Crippen molar-refractivity contribution >= 4 is 5.91 Å². The lowest BCUT2D eigenvalue weighted by Crippen LogP contribution is -2.48. The summed E-state index contributed by atoms with van der Waals surface area (Å²) >= 11 is 0. The number of rotatable bonds is 41. The summed E-state index contributed by atoms with van der Waals surface area (Å²) in [7, 11) is 0. The van der Waals surface area contributed by atoms with Gasteiger partial charge in [0.2, 0.25) is 5.91 Å². The quantitative estimate of drug-likeness (QED) is 0.0369. The molecule has 5 nitrogen and oxygen atoms in total. The summed E-state index contributed by atoms with van der Waals surface area (Å²) in [5.74, 6) is -0.522. The SMILES string of the molecule is CCCCCC/C=C/CC/C=C/CC/C=C/C(O)C(CO)NC(=O)C(O)CCCCCCCCCCCC/C=C\C/C=C\CCCCCCCCCCC. The number of aliphatic hydroxyl groups excluding tert-OH is 3. The molecule has 1 amide bonds. The first-order valence-corrected chi connectivity index (χ1v) is 23.1. The van der Waals surface area contributed by atoms with Gasteiger partial charge in [0.1, 0.15) is 6.10 Å². The number of unbranched alkanes of at least 4 members (excludes halogenated alkanes) is 25. The van der Waals surface area contributed by atoms with Crippen molar-refractivity contribution in [2.45, 2.75) is 238 Å². The zero-order chi connectivity index (χ0) is 39.4. The number of hydrogen-bond donors (Lipinski definition) is 4.